The first-order valence-electron chi connectivity index (χ1n) is 7.94. The number of rotatable bonds is 10. The fraction of sp³-hybridized carbons (Fsp3) is 0.625. The Bertz CT molecular complexity index is 478. The van der Waals surface area contributed by atoms with Gasteiger partial charge in [0.15, 0.2) is 0 Å². The van der Waals surface area contributed by atoms with Crippen molar-refractivity contribution in [1.29, 1.82) is 0 Å². The molecule has 0 fully saturated rings. The predicted octanol–water partition coefficient (Wildman–Crippen LogP) is 0.274. The highest BCUT2D eigenvalue weighted by atomic mass is 16.5. The minimum Gasteiger partial charge on any atom is -0.474 e. The maximum Gasteiger partial charge on any atom is 0.256 e. The third-order valence-electron chi connectivity index (χ3n) is 3.57. The zero-order valence-corrected chi connectivity index (χ0v) is 14.0. The van der Waals surface area contributed by atoms with Crippen LogP contribution in [-0.2, 0) is 0 Å². The van der Waals surface area contributed by atoms with E-state index >= 15 is 0 Å². The number of hydrogen-bond acceptors (Lipinski definition) is 6. The number of nitrogens with zero attached hydrogens (tertiary/aromatic N) is 2. The number of carbonyl (C=O) groups is 1. The molecule has 2 unspecified atom stereocenters. The Morgan fingerprint density at radius 3 is 2.70 bits per heavy atom. The maximum atomic E-state index is 12.2. The van der Waals surface area contributed by atoms with E-state index in [9.17, 15) is 15.0 Å². The third kappa shape index (κ3) is 6.52. The smallest absolute Gasteiger partial charge is 0.256 e. The topological polar surface area (TPSA) is 94.9 Å². The van der Waals surface area contributed by atoms with Gasteiger partial charge in [-0.05, 0) is 32.1 Å². The number of aliphatic hydroxyl groups excluding tert-OH is 2. The summed E-state index contributed by atoms with van der Waals surface area (Å²) in [6, 6.07) is 3.26. The van der Waals surface area contributed by atoms with Gasteiger partial charge in [0.25, 0.3) is 5.91 Å². The van der Waals surface area contributed by atoms with Crippen molar-refractivity contribution in [3.05, 3.63) is 23.9 Å². The Balaban J connectivity index is 2.59. The molecule has 0 aliphatic carbocycles. The van der Waals surface area contributed by atoms with Crippen molar-refractivity contribution < 1.29 is 19.7 Å². The fourth-order valence-electron chi connectivity index (χ4n) is 1.94. The highest BCUT2D eigenvalue weighted by Gasteiger charge is 2.17. The van der Waals surface area contributed by atoms with Crippen LogP contribution in [0.25, 0.3) is 0 Å². The van der Waals surface area contributed by atoms with Gasteiger partial charge in [-0.3, -0.25) is 4.79 Å². The maximum absolute atomic E-state index is 12.2. The fourth-order valence-corrected chi connectivity index (χ4v) is 1.94. The lowest BCUT2D eigenvalue weighted by Crippen LogP contribution is -2.35. The SMILES string of the molecule is CCN(CC)CCNC(=O)c1cccnc1OCC(O)C(C)O. The molecule has 7 nitrogen and oxygen atoms in total. The number of carbonyl (C=O) groups excluding carboxylic acids is 1. The largest absolute Gasteiger partial charge is 0.474 e. The summed E-state index contributed by atoms with van der Waals surface area (Å²) in [7, 11) is 0. The van der Waals surface area contributed by atoms with Crippen LogP contribution in [0.1, 0.15) is 31.1 Å². The molecule has 1 rings (SSSR count). The molecule has 0 radical (unpaired) electrons. The highest BCUT2D eigenvalue weighted by Crippen LogP contribution is 2.14. The van der Waals surface area contributed by atoms with Crippen molar-refractivity contribution in [2.75, 3.05) is 32.8 Å². The van der Waals surface area contributed by atoms with Crippen molar-refractivity contribution in [2.24, 2.45) is 0 Å². The van der Waals surface area contributed by atoms with Gasteiger partial charge in [-0.1, -0.05) is 13.8 Å². The van der Waals surface area contributed by atoms with E-state index in [0.29, 0.717) is 12.1 Å². The van der Waals surface area contributed by atoms with Gasteiger partial charge in [0.1, 0.15) is 18.3 Å². The normalized spacial score (nSPS) is 13.7. The Kier molecular flexibility index (Phi) is 8.53. The van der Waals surface area contributed by atoms with Crippen LogP contribution in [-0.4, -0.2) is 71.0 Å². The Morgan fingerprint density at radius 1 is 1.39 bits per heavy atom. The number of likely N-dealkylation sites (N-methyl/N-ethyl adjacent to an activating group) is 1. The van der Waals surface area contributed by atoms with Crippen LogP contribution in [0.4, 0.5) is 0 Å². The first-order chi connectivity index (χ1) is 11.0. The van der Waals surface area contributed by atoms with Gasteiger partial charge in [0, 0.05) is 19.3 Å². The van der Waals surface area contributed by atoms with Gasteiger partial charge in [-0.25, -0.2) is 4.98 Å². The van der Waals surface area contributed by atoms with Gasteiger partial charge >= 0.3 is 0 Å². The van der Waals surface area contributed by atoms with Gasteiger partial charge in [-0.2, -0.15) is 0 Å². The Hall–Kier alpha value is -1.70. The average Bonchev–Trinajstić information content (AvgIpc) is 2.56. The summed E-state index contributed by atoms with van der Waals surface area (Å²) in [6.45, 7) is 8.66. The molecule has 23 heavy (non-hydrogen) atoms. The second-order valence-electron chi connectivity index (χ2n) is 5.26. The average molecular weight is 325 g/mol. The number of aliphatic hydroxyl groups is 2. The monoisotopic (exact) mass is 325 g/mol. The zero-order chi connectivity index (χ0) is 17.2. The van der Waals surface area contributed by atoms with E-state index in [4.69, 9.17) is 4.74 Å². The second kappa shape index (κ2) is 10.1. The molecule has 0 aliphatic rings. The van der Waals surface area contributed by atoms with Crippen LogP contribution < -0.4 is 10.1 Å². The molecule has 1 aromatic heterocycles. The molecule has 7 heteroatoms. The highest BCUT2D eigenvalue weighted by molar-refractivity contribution is 5.96. The van der Waals surface area contributed by atoms with E-state index in [2.05, 4.69) is 29.0 Å². The summed E-state index contributed by atoms with van der Waals surface area (Å²) >= 11 is 0. The van der Waals surface area contributed by atoms with Crippen LogP contribution in [0.15, 0.2) is 18.3 Å². The van der Waals surface area contributed by atoms with Gasteiger partial charge in [-0.15, -0.1) is 0 Å². The van der Waals surface area contributed by atoms with E-state index in [1.165, 1.54) is 13.1 Å². The molecule has 0 aromatic carbocycles. The van der Waals surface area contributed by atoms with E-state index in [0.717, 1.165) is 19.6 Å². The first kappa shape index (κ1) is 19.3. The van der Waals surface area contributed by atoms with Crippen LogP contribution >= 0.6 is 0 Å². The number of amides is 1. The molecule has 130 valence electrons. The molecule has 1 amide bonds. The molecule has 2 atom stereocenters. The predicted molar refractivity (Wildman–Crippen MR) is 87.5 cm³/mol. The molecule has 1 aromatic rings. The molecule has 0 aliphatic heterocycles. The van der Waals surface area contributed by atoms with Crippen molar-refractivity contribution >= 4 is 5.91 Å². The van der Waals surface area contributed by atoms with Crippen LogP contribution in [0, 0.1) is 0 Å². The molecule has 0 bridgehead atoms. The minimum atomic E-state index is -1.03. The van der Waals surface area contributed by atoms with Gasteiger partial charge in [0.05, 0.1) is 6.10 Å². The number of nitrogens with one attached hydrogen (secondary N) is 1. The lowest BCUT2D eigenvalue weighted by molar-refractivity contribution is 0.00113. The van der Waals surface area contributed by atoms with Crippen molar-refractivity contribution in [3.63, 3.8) is 0 Å². The number of aromatic nitrogens is 1. The number of ether oxygens (including phenoxy) is 1. The summed E-state index contributed by atoms with van der Waals surface area (Å²) in [6.07, 6.45) is -0.433. The summed E-state index contributed by atoms with van der Waals surface area (Å²) in [5.41, 5.74) is 0.310. The lowest BCUT2D eigenvalue weighted by atomic mass is 10.2. The molecule has 0 saturated heterocycles. The Morgan fingerprint density at radius 2 is 2.09 bits per heavy atom. The third-order valence-corrected chi connectivity index (χ3v) is 3.57. The lowest BCUT2D eigenvalue weighted by Gasteiger charge is -2.18. The van der Waals surface area contributed by atoms with Crippen molar-refractivity contribution in [3.8, 4) is 5.88 Å². The van der Waals surface area contributed by atoms with Crippen LogP contribution in [0.5, 0.6) is 5.88 Å². The molecule has 0 spiro atoms. The van der Waals surface area contributed by atoms with E-state index in [1.807, 2.05) is 0 Å². The molecule has 1 heterocycles. The van der Waals surface area contributed by atoms with E-state index < -0.39 is 12.2 Å². The van der Waals surface area contributed by atoms with E-state index in [1.54, 1.807) is 12.1 Å². The first-order valence-corrected chi connectivity index (χ1v) is 7.94. The van der Waals surface area contributed by atoms with Gasteiger partial charge < -0.3 is 25.2 Å². The molecular weight excluding hydrogens is 298 g/mol. The van der Waals surface area contributed by atoms with Crippen molar-refractivity contribution in [2.45, 2.75) is 33.0 Å². The quantitative estimate of drug-likeness (QED) is 0.572. The molecular formula is C16H27N3O4. The number of hydrogen-bond donors (Lipinski definition) is 3. The summed E-state index contributed by atoms with van der Waals surface area (Å²) in [4.78, 5) is 18.5. The molecule has 3 N–H and O–H groups in total. The van der Waals surface area contributed by atoms with Crippen LogP contribution in [0.2, 0.25) is 0 Å². The van der Waals surface area contributed by atoms with Crippen molar-refractivity contribution in [1.82, 2.24) is 15.2 Å². The summed E-state index contributed by atoms with van der Waals surface area (Å²) in [5.74, 6) is -0.126. The minimum absolute atomic E-state index is 0.131. The van der Waals surface area contributed by atoms with E-state index in [-0.39, 0.29) is 18.4 Å². The summed E-state index contributed by atoms with van der Waals surface area (Å²) in [5, 5.41) is 21.7. The van der Waals surface area contributed by atoms with Gasteiger partial charge in [0.2, 0.25) is 5.88 Å². The Labute approximate surface area is 137 Å². The zero-order valence-electron chi connectivity index (χ0n) is 14.0. The number of pyridine rings is 1. The second-order valence-corrected chi connectivity index (χ2v) is 5.26. The summed E-state index contributed by atoms with van der Waals surface area (Å²) < 4.78 is 5.36. The standard InChI is InChI=1S/C16H27N3O4/c1-4-19(5-2)10-9-17-15(22)13-7-6-8-18-16(13)23-11-14(21)12(3)20/h6-8,12,14,20-21H,4-5,9-11H2,1-3H3,(H,17,22). The van der Waals surface area contributed by atoms with Crippen LogP contribution in [0.3, 0.4) is 0 Å². The molecule has 0 saturated carbocycles.